The van der Waals surface area contributed by atoms with Crippen LogP contribution in [0.4, 0.5) is 5.69 Å². The molecule has 0 radical (unpaired) electrons. The number of rotatable bonds is 9. The van der Waals surface area contributed by atoms with Crippen molar-refractivity contribution in [2.75, 3.05) is 25.5 Å². The second-order valence-corrected chi connectivity index (χ2v) is 10.5. The normalized spacial score (nSPS) is 10.8. The number of fused-ring (bicyclic) bond motifs is 1. The Bertz CT molecular complexity index is 1460. The average molecular weight is 546 g/mol. The average Bonchev–Trinajstić information content (AvgIpc) is 3.56. The number of aromatic nitrogens is 3. The molecule has 2 aromatic heterocycles. The molecule has 0 aliphatic carbocycles. The SMILES string of the molecule is CCOCCNSc1cc(N)ccc1C.Cc1ccc(-c2nn(-c3nc4ccccc4s3)cc2C=O)cc1. The van der Waals surface area contributed by atoms with Gasteiger partial charge in [0.15, 0.2) is 6.29 Å². The van der Waals surface area contributed by atoms with Crippen LogP contribution in [0.5, 0.6) is 0 Å². The Kier molecular flexibility index (Phi) is 9.67. The molecule has 0 atom stereocenters. The minimum atomic E-state index is 0.563. The number of anilines is 1. The van der Waals surface area contributed by atoms with Crippen molar-refractivity contribution in [2.24, 2.45) is 0 Å². The number of carbonyl (C=O) groups excluding carboxylic acids is 1. The number of carbonyl (C=O) groups is 1. The van der Waals surface area contributed by atoms with Crippen LogP contribution in [0.3, 0.4) is 0 Å². The lowest BCUT2D eigenvalue weighted by Crippen LogP contribution is -2.12. The number of nitrogens with one attached hydrogen (secondary N) is 1. The van der Waals surface area contributed by atoms with E-state index in [1.807, 2.05) is 80.6 Å². The van der Waals surface area contributed by atoms with E-state index in [9.17, 15) is 4.79 Å². The number of para-hydroxylation sites is 1. The number of nitrogens with zero attached hydrogens (tertiary/aromatic N) is 3. The van der Waals surface area contributed by atoms with Crippen LogP contribution in [0.15, 0.2) is 77.8 Å². The molecule has 2 heterocycles. The maximum absolute atomic E-state index is 11.4. The van der Waals surface area contributed by atoms with Gasteiger partial charge in [-0.25, -0.2) is 9.67 Å². The fourth-order valence-electron chi connectivity index (χ4n) is 3.58. The minimum absolute atomic E-state index is 0.563. The quantitative estimate of drug-likeness (QED) is 0.0947. The molecule has 0 fully saturated rings. The van der Waals surface area contributed by atoms with Crippen LogP contribution in [-0.4, -0.2) is 40.8 Å². The van der Waals surface area contributed by atoms with E-state index in [2.05, 4.69) is 21.7 Å². The number of aldehydes is 1. The molecule has 3 aromatic carbocycles. The number of nitrogens with two attached hydrogens (primary N) is 1. The summed E-state index contributed by atoms with van der Waals surface area (Å²) in [7, 11) is 0. The van der Waals surface area contributed by atoms with Gasteiger partial charge in [-0.05, 0) is 62.5 Å². The molecule has 9 heteroatoms. The molecule has 5 rings (SSSR count). The summed E-state index contributed by atoms with van der Waals surface area (Å²) in [5, 5.41) is 5.34. The van der Waals surface area contributed by atoms with E-state index < -0.39 is 0 Å². The van der Waals surface area contributed by atoms with E-state index in [0.29, 0.717) is 11.3 Å². The predicted molar refractivity (Wildman–Crippen MR) is 158 cm³/mol. The molecular weight excluding hydrogens is 514 g/mol. The van der Waals surface area contributed by atoms with Crippen molar-refractivity contribution in [1.29, 1.82) is 0 Å². The lowest BCUT2D eigenvalue weighted by atomic mass is 10.1. The van der Waals surface area contributed by atoms with Crippen molar-refractivity contribution in [3.63, 3.8) is 0 Å². The van der Waals surface area contributed by atoms with E-state index >= 15 is 0 Å². The lowest BCUT2D eigenvalue weighted by molar-refractivity contribution is 0.112. The largest absolute Gasteiger partial charge is 0.399 e. The Labute approximate surface area is 231 Å². The second-order valence-electron chi connectivity index (χ2n) is 8.54. The van der Waals surface area contributed by atoms with Crippen molar-refractivity contribution in [3.05, 3.63) is 89.6 Å². The maximum Gasteiger partial charge on any atom is 0.211 e. The van der Waals surface area contributed by atoms with Crippen LogP contribution in [0.2, 0.25) is 0 Å². The van der Waals surface area contributed by atoms with Crippen molar-refractivity contribution >= 4 is 45.5 Å². The van der Waals surface area contributed by atoms with Crippen LogP contribution in [-0.2, 0) is 4.74 Å². The molecule has 0 spiro atoms. The standard InChI is InChI=1S/C18H13N3OS.C11H18N2OS/c1-12-6-8-13(9-7-12)17-14(11-22)10-21(20-17)18-19-15-4-2-3-5-16(15)23-18;1-3-14-7-6-13-15-11-8-10(12)5-4-9(11)2/h2-11H,1H3;4-5,8,13H,3,6-7,12H2,1-2H3. The molecule has 0 saturated heterocycles. The van der Waals surface area contributed by atoms with E-state index in [-0.39, 0.29) is 0 Å². The molecule has 7 nitrogen and oxygen atoms in total. The van der Waals surface area contributed by atoms with Gasteiger partial charge in [-0.2, -0.15) is 5.10 Å². The van der Waals surface area contributed by atoms with Crippen LogP contribution in [0.25, 0.3) is 26.6 Å². The van der Waals surface area contributed by atoms with Gasteiger partial charge in [-0.15, -0.1) is 0 Å². The molecule has 196 valence electrons. The maximum atomic E-state index is 11.4. The smallest absolute Gasteiger partial charge is 0.211 e. The fraction of sp³-hybridized carbons (Fsp3) is 0.207. The van der Waals surface area contributed by atoms with Crippen LogP contribution in [0, 0.1) is 13.8 Å². The number of hydrogen-bond acceptors (Lipinski definition) is 8. The number of hydrogen-bond donors (Lipinski definition) is 2. The van der Waals surface area contributed by atoms with Crippen molar-refractivity contribution in [3.8, 4) is 16.4 Å². The van der Waals surface area contributed by atoms with Gasteiger partial charge >= 0.3 is 0 Å². The highest BCUT2D eigenvalue weighted by Crippen LogP contribution is 2.27. The van der Waals surface area contributed by atoms with Crippen LogP contribution < -0.4 is 10.5 Å². The summed E-state index contributed by atoms with van der Waals surface area (Å²) in [6, 6.07) is 21.9. The molecule has 0 aliphatic rings. The Morgan fingerprint density at radius 2 is 1.89 bits per heavy atom. The van der Waals surface area contributed by atoms with Gasteiger partial charge in [0.05, 0.1) is 22.4 Å². The van der Waals surface area contributed by atoms with E-state index in [0.717, 1.165) is 52.6 Å². The third kappa shape index (κ3) is 7.08. The zero-order chi connectivity index (χ0) is 26.9. The Hall–Kier alpha value is -3.50. The van der Waals surface area contributed by atoms with E-state index in [1.165, 1.54) is 16.0 Å². The van der Waals surface area contributed by atoms with Gasteiger partial charge in [-0.1, -0.05) is 59.4 Å². The molecular formula is C29H31N5O2S2. The summed E-state index contributed by atoms with van der Waals surface area (Å²) in [6.45, 7) is 8.45. The van der Waals surface area contributed by atoms with Crippen molar-refractivity contribution in [2.45, 2.75) is 25.7 Å². The summed E-state index contributed by atoms with van der Waals surface area (Å²) in [5.41, 5.74) is 12.0. The highest BCUT2D eigenvalue weighted by molar-refractivity contribution is 7.97. The van der Waals surface area contributed by atoms with Crippen LogP contribution in [0.1, 0.15) is 28.4 Å². The molecule has 3 N–H and O–H groups in total. The first-order chi connectivity index (χ1) is 18.5. The van der Waals surface area contributed by atoms with E-state index in [1.54, 1.807) is 34.2 Å². The molecule has 0 amide bonds. The highest BCUT2D eigenvalue weighted by atomic mass is 32.2. The summed E-state index contributed by atoms with van der Waals surface area (Å²) < 4.78 is 11.2. The lowest BCUT2D eigenvalue weighted by Gasteiger charge is -2.07. The van der Waals surface area contributed by atoms with Gasteiger partial charge in [0.1, 0.15) is 5.69 Å². The van der Waals surface area contributed by atoms with Crippen molar-refractivity contribution in [1.82, 2.24) is 19.5 Å². The van der Waals surface area contributed by atoms with Gasteiger partial charge in [-0.3, -0.25) is 9.52 Å². The Morgan fingerprint density at radius 3 is 2.63 bits per heavy atom. The predicted octanol–water partition coefficient (Wildman–Crippen LogP) is 6.48. The van der Waals surface area contributed by atoms with Gasteiger partial charge in [0.25, 0.3) is 0 Å². The third-order valence-electron chi connectivity index (χ3n) is 5.62. The molecule has 0 aliphatic heterocycles. The summed E-state index contributed by atoms with van der Waals surface area (Å²) >= 11 is 3.16. The van der Waals surface area contributed by atoms with Gasteiger partial charge < -0.3 is 10.5 Å². The number of aryl methyl sites for hydroxylation is 2. The van der Waals surface area contributed by atoms with Gasteiger partial charge in [0, 0.05) is 35.5 Å². The first-order valence-electron chi connectivity index (χ1n) is 12.3. The fourth-order valence-corrected chi connectivity index (χ4v) is 5.24. The molecule has 0 saturated carbocycles. The van der Waals surface area contributed by atoms with Crippen molar-refractivity contribution < 1.29 is 9.53 Å². The molecule has 38 heavy (non-hydrogen) atoms. The summed E-state index contributed by atoms with van der Waals surface area (Å²) in [4.78, 5) is 17.2. The first kappa shape index (κ1) is 27.5. The van der Waals surface area contributed by atoms with E-state index in [4.69, 9.17) is 10.5 Å². The number of ether oxygens (including phenoxy) is 1. The number of benzene rings is 3. The van der Waals surface area contributed by atoms with Crippen LogP contribution >= 0.6 is 23.3 Å². The molecule has 0 unspecified atom stereocenters. The first-order valence-corrected chi connectivity index (χ1v) is 13.9. The van der Waals surface area contributed by atoms with Gasteiger partial charge in [0.2, 0.25) is 5.13 Å². The number of thiazole rings is 1. The Morgan fingerprint density at radius 1 is 1.11 bits per heavy atom. The summed E-state index contributed by atoms with van der Waals surface area (Å²) in [6.07, 6.45) is 2.58. The monoisotopic (exact) mass is 545 g/mol. The topological polar surface area (TPSA) is 95.1 Å². The summed E-state index contributed by atoms with van der Waals surface area (Å²) in [5.74, 6) is 0. The zero-order valence-corrected chi connectivity index (χ0v) is 23.3. The molecule has 0 bridgehead atoms. The Balaban J connectivity index is 0.000000196. The third-order valence-corrected chi connectivity index (χ3v) is 7.65. The number of nitrogen functional groups attached to an aromatic ring is 1. The minimum Gasteiger partial charge on any atom is -0.399 e. The highest BCUT2D eigenvalue weighted by Gasteiger charge is 2.14. The zero-order valence-electron chi connectivity index (χ0n) is 21.7. The molecule has 5 aromatic rings. The second kappa shape index (κ2) is 13.3.